The quantitative estimate of drug-likeness (QED) is 0.554. The largest absolute Gasteiger partial charge is 0.303 e. The highest BCUT2D eigenvalue weighted by molar-refractivity contribution is 5.75. The standard InChI is InChI=1S/C9H12N2/c10-9-6-2-1-4-8(9)5-3-7-11-9/h3-5,7H,1-2,6,10H2. The topological polar surface area (TPSA) is 38.4 Å². The molecule has 0 amide bonds. The summed E-state index contributed by atoms with van der Waals surface area (Å²) in [7, 11) is 0. The van der Waals surface area contributed by atoms with Crippen LogP contribution in [0.2, 0.25) is 0 Å². The minimum Gasteiger partial charge on any atom is -0.303 e. The average Bonchev–Trinajstić information content (AvgIpc) is 2.03. The number of nitrogens with two attached hydrogens (primary N) is 1. The molecule has 0 radical (unpaired) electrons. The molecule has 2 rings (SSSR count). The molecule has 1 aliphatic carbocycles. The van der Waals surface area contributed by atoms with Crippen LogP contribution in [0.1, 0.15) is 19.3 Å². The first kappa shape index (κ1) is 6.80. The van der Waals surface area contributed by atoms with Crippen LogP contribution < -0.4 is 5.73 Å². The predicted octanol–water partition coefficient (Wildman–Crippen LogP) is 1.39. The zero-order valence-electron chi connectivity index (χ0n) is 6.46. The summed E-state index contributed by atoms with van der Waals surface area (Å²) in [4.78, 5) is 4.28. The second-order valence-electron chi connectivity index (χ2n) is 3.11. The van der Waals surface area contributed by atoms with Crippen molar-refractivity contribution in [2.24, 2.45) is 10.7 Å². The van der Waals surface area contributed by atoms with E-state index in [9.17, 15) is 0 Å². The van der Waals surface area contributed by atoms with Crippen LogP contribution in [0, 0.1) is 0 Å². The lowest BCUT2D eigenvalue weighted by Gasteiger charge is -2.31. The first-order valence-electron chi connectivity index (χ1n) is 4.03. The van der Waals surface area contributed by atoms with Gasteiger partial charge in [-0.15, -0.1) is 0 Å². The number of nitrogens with zero attached hydrogens (tertiary/aromatic N) is 1. The van der Waals surface area contributed by atoms with E-state index in [1.807, 2.05) is 6.08 Å². The predicted molar refractivity (Wildman–Crippen MR) is 46.5 cm³/mol. The normalized spacial score (nSPS) is 34.8. The molecular formula is C9H12N2. The Morgan fingerprint density at radius 1 is 1.55 bits per heavy atom. The number of dihydropyridines is 1. The molecule has 0 fully saturated rings. The molecule has 0 aromatic rings. The number of aliphatic imine (C=N–C) groups is 1. The second-order valence-corrected chi connectivity index (χ2v) is 3.11. The Morgan fingerprint density at radius 2 is 2.45 bits per heavy atom. The molecule has 58 valence electrons. The Morgan fingerprint density at radius 3 is 3.27 bits per heavy atom. The fourth-order valence-electron chi connectivity index (χ4n) is 1.62. The summed E-state index contributed by atoms with van der Waals surface area (Å²) < 4.78 is 0. The minimum atomic E-state index is -0.382. The van der Waals surface area contributed by atoms with Crippen LogP contribution in [-0.2, 0) is 0 Å². The summed E-state index contributed by atoms with van der Waals surface area (Å²) >= 11 is 0. The van der Waals surface area contributed by atoms with E-state index in [1.54, 1.807) is 6.21 Å². The summed E-state index contributed by atoms with van der Waals surface area (Å²) in [6.45, 7) is 0. The van der Waals surface area contributed by atoms with Crippen molar-refractivity contribution in [1.82, 2.24) is 0 Å². The molecule has 1 atom stereocenters. The summed E-state index contributed by atoms with van der Waals surface area (Å²) in [6.07, 6.45) is 11.3. The SMILES string of the molecule is NC12CCCC=C1C=CC=N2. The Balaban J connectivity index is 2.39. The van der Waals surface area contributed by atoms with Crippen molar-refractivity contribution < 1.29 is 0 Å². The van der Waals surface area contributed by atoms with Crippen LogP contribution in [0.4, 0.5) is 0 Å². The van der Waals surface area contributed by atoms with Crippen LogP contribution in [0.15, 0.2) is 28.8 Å². The van der Waals surface area contributed by atoms with Crippen molar-refractivity contribution in [2.45, 2.75) is 24.9 Å². The van der Waals surface area contributed by atoms with Gasteiger partial charge in [0.1, 0.15) is 5.66 Å². The van der Waals surface area contributed by atoms with E-state index >= 15 is 0 Å². The maximum atomic E-state index is 6.05. The lowest BCUT2D eigenvalue weighted by atomic mass is 9.87. The third-order valence-corrected chi connectivity index (χ3v) is 2.29. The van der Waals surface area contributed by atoms with Crippen molar-refractivity contribution in [2.75, 3.05) is 0 Å². The van der Waals surface area contributed by atoms with Crippen LogP contribution >= 0.6 is 0 Å². The van der Waals surface area contributed by atoms with Gasteiger partial charge in [-0.25, -0.2) is 0 Å². The van der Waals surface area contributed by atoms with Crippen LogP contribution in [-0.4, -0.2) is 11.9 Å². The average molecular weight is 148 g/mol. The number of fused-ring (bicyclic) bond motifs is 1. The molecule has 0 bridgehead atoms. The number of hydrogen-bond acceptors (Lipinski definition) is 2. The summed E-state index contributed by atoms with van der Waals surface area (Å²) in [5.41, 5.74) is 6.85. The Bertz CT molecular complexity index is 250. The van der Waals surface area contributed by atoms with Gasteiger partial charge in [0, 0.05) is 6.21 Å². The Hall–Kier alpha value is -0.890. The molecule has 1 aliphatic heterocycles. The van der Waals surface area contributed by atoms with Crippen molar-refractivity contribution in [1.29, 1.82) is 0 Å². The monoisotopic (exact) mass is 148 g/mol. The first-order valence-corrected chi connectivity index (χ1v) is 4.03. The lowest BCUT2D eigenvalue weighted by molar-refractivity contribution is 0.453. The fourth-order valence-corrected chi connectivity index (χ4v) is 1.62. The maximum absolute atomic E-state index is 6.05. The smallest absolute Gasteiger partial charge is 0.133 e. The molecule has 1 unspecified atom stereocenters. The molecule has 2 aliphatic rings. The minimum absolute atomic E-state index is 0.382. The summed E-state index contributed by atoms with van der Waals surface area (Å²) in [5, 5.41) is 0. The number of rotatable bonds is 0. The summed E-state index contributed by atoms with van der Waals surface area (Å²) in [6, 6.07) is 0. The zero-order valence-corrected chi connectivity index (χ0v) is 6.46. The third kappa shape index (κ3) is 1.03. The van der Waals surface area contributed by atoms with E-state index in [0.717, 1.165) is 19.3 Å². The van der Waals surface area contributed by atoms with E-state index in [-0.39, 0.29) is 5.66 Å². The van der Waals surface area contributed by atoms with Gasteiger partial charge in [-0.1, -0.05) is 12.2 Å². The highest BCUT2D eigenvalue weighted by Crippen LogP contribution is 2.30. The molecular weight excluding hydrogens is 136 g/mol. The van der Waals surface area contributed by atoms with E-state index in [2.05, 4.69) is 17.1 Å². The van der Waals surface area contributed by atoms with Gasteiger partial charge < -0.3 is 5.73 Å². The molecule has 2 N–H and O–H groups in total. The van der Waals surface area contributed by atoms with Crippen molar-refractivity contribution in [3.8, 4) is 0 Å². The molecule has 0 aromatic carbocycles. The van der Waals surface area contributed by atoms with Gasteiger partial charge in [0.25, 0.3) is 0 Å². The van der Waals surface area contributed by atoms with E-state index in [4.69, 9.17) is 5.73 Å². The van der Waals surface area contributed by atoms with Gasteiger partial charge in [-0.2, -0.15) is 0 Å². The van der Waals surface area contributed by atoms with E-state index in [1.165, 1.54) is 5.57 Å². The van der Waals surface area contributed by atoms with Crippen LogP contribution in [0.5, 0.6) is 0 Å². The molecule has 0 saturated carbocycles. The Labute approximate surface area is 66.5 Å². The molecule has 0 aromatic heterocycles. The molecule has 0 spiro atoms. The van der Waals surface area contributed by atoms with Crippen molar-refractivity contribution in [3.63, 3.8) is 0 Å². The zero-order chi connectivity index (χ0) is 7.73. The Kier molecular flexibility index (Phi) is 1.43. The van der Waals surface area contributed by atoms with Crippen LogP contribution in [0.3, 0.4) is 0 Å². The van der Waals surface area contributed by atoms with Crippen molar-refractivity contribution >= 4 is 6.21 Å². The van der Waals surface area contributed by atoms with Crippen LogP contribution in [0.25, 0.3) is 0 Å². The number of hydrogen-bond donors (Lipinski definition) is 1. The first-order chi connectivity index (χ1) is 5.31. The lowest BCUT2D eigenvalue weighted by Crippen LogP contribution is -2.41. The molecule has 11 heavy (non-hydrogen) atoms. The highest BCUT2D eigenvalue weighted by atomic mass is 15.0. The molecule has 1 heterocycles. The van der Waals surface area contributed by atoms with Gasteiger partial charge >= 0.3 is 0 Å². The maximum Gasteiger partial charge on any atom is 0.133 e. The third-order valence-electron chi connectivity index (χ3n) is 2.29. The van der Waals surface area contributed by atoms with Gasteiger partial charge in [-0.05, 0) is 30.9 Å². The molecule has 2 nitrogen and oxygen atoms in total. The van der Waals surface area contributed by atoms with Gasteiger partial charge in [0.05, 0.1) is 0 Å². The van der Waals surface area contributed by atoms with E-state index in [0.29, 0.717) is 0 Å². The molecule has 0 saturated heterocycles. The molecule has 2 heteroatoms. The van der Waals surface area contributed by atoms with Crippen molar-refractivity contribution in [3.05, 3.63) is 23.8 Å². The fraction of sp³-hybridized carbons (Fsp3) is 0.444. The highest BCUT2D eigenvalue weighted by Gasteiger charge is 2.29. The van der Waals surface area contributed by atoms with E-state index < -0.39 is 0 Å². The van der Waals surface area contributed by atoms with Gasteiger partial charge in [0.2, 0.25) is 0 Å². The second kappa shape index (κ2) is 2.31. The van der Waals surface area contributed by atoms with Gasteiger partial charge in [0.15, 0.2) is 0 Å². The van der Waals surface area contributed by atoms with Gasteiger partial charge in [-0.3, -0.25) is 4.99 Å². The summed E-state index contributed by atoms with van der Waals surface area (Å²) in [5.74, 6) is 0. The number of allylic oxidation sites excluding steroid dienone is 2.